The molecule has 2 aliphatic carbocycles. The number of rotatable bonds is 4. The van der Waals surface area contributed by atoms with E-state index in [1.54, 1.807) is 0 Å². The molecule has 3 atom stereocenters. The summed E-state index contributed by atoms with van der Waals surface area (Å²) in [4.78, 5) is 0. The predicted molar refractivity (Wildman–Crippen MR) is 82.5 cm³/mol. The second kappa shape index (κ2) is 6.15. The van der Waals surface area contributed by atoms with Crippen LogP contribution >= 0.6 is 0 Å². The van der Waals surface area contributed by atoms with Crippen LogP contribution in [0, 0.1) is 11.8 Å². The molecule has 3 rings (SSSR count). The molecule has 2 aliphatic rings. The van der Waals surface area contributed by atoms with Gasteiger partial charge in [-0.1, -0.05) is 18.9 Å². The molecule has 0 heterocycles. The normalized spacial score (nSPS) is 29.4. The minimum Gasteiger partial charge on any atom is -0.399 e. The van der Waals surface area contributed by atoms with Crippen molar-refractivity contribution >= 4 is 5.69 Å². The van der Waals surface area contributed by atoms with Gasteiger partial charge in [0, 0.05) is 18.3 Å². The van der Waals surface area contributed by atoms with Crippen LogP contribution in [-0.4, -0.2) is 18.3 Å². The molecule has 0 amide bonds. The molecule has 110 valence electrons. The van der Waals surface area contributed by atoms with Crippen LogP contribution in [-0.2, 0) is 6.42 Å². The summed E-state index contributed by atoms with van der Waals surface area (Å²) in [5.41, 5.74) is 9.56. The van der Waals surface area contributed by atoms with Crippen LogP contribution in [0.2, 0.25) is 0 Å². The Morgan fingerprint density at radius 3 is 2.75 bits per heavy atom. The van der Waals surface area contributed by atoms with Gasteiger partial charge in [-0.25, -0.2) is 0 Å². The van der Waals surface area contributed by atoms with E-state index in [0.29, 0.717) is 24.5 Å². The fraction of sp³-hybridized carbons (Fsp3) is 0.647. The van der Waals surface area contributed by atoms with Crippen molar-refractivity contribution in [1.82, 2.24) is 5.32 Å². The van der Waals surface area contributed by atoms with Crippen molar-refractivity contribution in [3.05, 3.63) is 29.3 Å². The highest BCUT2D eigenvalue weighted by Crippen LogP contribution is 2.34. The molecule has 1 fully saturated rings. The average Bonchev–Trinajstić information content (AvgIpc) is 2.87. The molecule has 1 aromatic rings. The fourth-order valence-electron chi connectivity index (χ4n) is 3.94. The number of aliphatic hydroxyl groups excluding tert-OH is 1. The summed E-state index contributed by atoms with van der Waals surface area (Å²) in [5.74, 6) is 1.15. The van der Waals surface area contributed by atoms with Crippen LogP contribution in [0.25, 0.3) is 0 Å². The van der Waals surface area contributed by atoms with Gasteiger partial charge in [0.05, 0.1) is 0 Å². The molecule has 3 heteroatoms. The van der Waals surface area contributed by atoms with Crippen LogP contribution in [0.15, 0.2) is 18.2 Å². The Morgan fingerprint density at radius 2 is 1.95 bits per heavy atom. The van der Waals surface area contributed by atoms with Crippen LogP contribution in [0.5, 0.6) is 0 Å². The van der Waals surface area contributed by atoms with Crippen LogP contribution in [0.1, 0.15) is 49.3 Å². The molecule has 0 saturated heterocycles. The second-order valence-corrected chi connectivity index (χ2v) is 6.44. The molecule has 3 nitrogen and oxygen atoms in total. The molecule has 1 aromatic carbocycles. The van der Waals surface area contributed by atoms with Gasteiger partial charge in [-0.15, -0.1) is 0 Å². The molecule has 0 aliphatic heterocycles. The van der Waals surface area contributed by atoms with E-state index < -0.39 is 0 Å². The highest BCUT2D eigenvalue weighted by Gasteiger charge is 2.27. The minimum atomic E-state index is 0.351. The molecule has 20 heavy (non-hydrogen) atoms. The van der Waals surface area contributed by atoms with Gasteiger partial charge >= 0.3 is 0 Å². The van der Waals surface area contributed by atoms with Crippen LogP contribution < -0.4 is 11.1 Å². The third kappa shape index (κ3) is 2.84. The van der Waals surface area contributed by atoms with Gasteiger partial charge in [0.15, 0.2) is 0 Å². The summed E-state index contributed by atoms with van der Waals surface area (Å²) in [7, 11) is 0. The van der Waals surface area contributed by atoms with E-state index in [0.717, 1.165) is 18.7 Å². The van der Waals surface area contributed by atoms with E-state index in [2.05, 4.69) is 17.4 Å². The van der Waals surface area contributed by atoms with E-state index in [4.69, 9.17) is 5.73 Å². The van der Waals surface area contributed by atoms with Gasteiger partial charge in [0.1, 0.15) is 0 Å². The van der Waals surface area contributed by atoms with Crippen molar-refractivity contribution in [2.45, 2.75) is 44.6 Å². The van der Waals surface area contributed by atoms with E-state index >= 15 is 0 Å². The van der Waals surface area contributed by atoms with E-state index in [-0.39, 0.29) is 0 Å². The lowest BCUT2D eigenvalue weighted by atomic mass is 9.79. The Labute approximate surface area is 121 Å². The first-order valence-electron chi connectivity index (χ1n) is 8.00. The van der Waals surface area contributed by atoms with Gasteiger partial charge in [-0.2, -0.15) is 0 Å². The van der Waals surface area contributed by atoms with Crippen molar-refractivity contribution < 1.29 is 5.11 Å². The highest BCUT2D eigenvalue weighted by molar-refractivity contribution is 5.47. The second-order valence-electron chi connectivity index (χ2n) is 6.44. The Kier molecular flexibility index (Phi) is 4.27. The number of nitrogen functional groups attached to an aromatic ring is 1. The first-order chi connectivity index (χ1) is 9.78. The lowest BCUT2D eigenvalue weighted by Gasteiger charge is -2.31. The number of hydrogen-bond acceptors (Lipinski definition) is 3. The zero-order chi connectivity index (χ0) is 13.9. The molecule has 0 radical (unpaired) electrons. The molecule has 0 bridgehead atoms. The predicted octanol–water partition coefficient (Wildman–Crippen LogP) is 2.64. The SMILES string of the molecule is Nc1ccc2c(c1)CCC2NCC1CCCCC1CO. The average molecular weight is 274 g/mol. The maximum absolute atomic E-state index is 9.50. The lowest BCUT2D eigenvalue weighted by Crippen LogP contribution is -2.33. The van der Waals surface area contributed by atoms with Gasteiger partial charge in [0.2, 0.25) is 0 Å². The Morgan fingerprint density at radius 1 is 1.15 bits per heavy atom. The number of hydrogen-bond donors (Lipinski definition) is 3. The van der Waals surface area contributed by atoms with E-state index in [1.165, 1.54) is 43.2 Å². The smallest absolute Gasteiger partial charge is 0.0462 e. The Hall–Kier alpha value is -1.06. The quantitative estimate of drug-likeness (QED) is 0.740. The molecule has 4 N–H and O–H groups in total. The lowest BCUT2D eigenvalue weighted by molar-refractivity contribution is 0.131. The topological polar surface area (TPSA) is 58.3 Å². The largest absolute Gasteiger partial charge is 0.399 e. The molecule has 0 spiro atoms. The Balaban J connectivity index is 1.60. The number of anilines is 1. The third-order valence-corrected chi connectivity index (χ3v) is 5.17. The number of aryl methyl sites for hydroxylation is 1. The monoisotopic (exact) mass is 274 g/mol. The number of fused-ring (bicyclic) bond motifs is 1. The van der Waals surface area contributed by atoms with E-state index in [9.17, 15) is 5.11 Å². The van der Waals surface area contributed by atoms with Crippen molar-refractivity contribution in [3.63, 3.8) is 0 Å². The molecule has 1 saturated carbocycles. The maximum atomic E-state index is 9.50. The van der Waals surface area contributed by atoms with E-state index in [1.807, 2.05) is 6.07 Å². The van der Waals surface area contributed by atoms with Gasteiger partial charge < -0.3 is 16.2 Å². The first-order valence-corrected chi connectivity index (χ1v) is 8.00. The summed E-state index contributed by atoms with van der Waals surface area (Å²) < 4.78 is 0. The highest BCUT2D eigenvalue weighted by atomic mass is 16.3. The molecule has 3 unspecified atom stereocenters. The third-order valence-electron chi connectivity index (χ3n) is 5.17. The summed E-state index contributed by atoms with van der Waals surface area (Å²) >= 11 is 0. The van der Waals surface area contributed by atoms with Crippen molar-refractivity contribution in [2.75, 3.05) is 18.9 Å². The van der Waals surface area contributed by atoms with Crippen molar-refractivity contribution in [1.29, 1.82) is 0 Å². The van der Waals surface area contributed by atoms with Gasteiger partial charge in [-0.3, -0.25) is 0 Å². The number of aliphatic hydroxyl groups is 1. The standard InChI is InChI=1S/C17H26N2O/c18-15-6-7-16-12(9-15)5-8-17(16)19-10-13-3-1-2-4-14(13)11-20/h6-7,9,13-14,17,19-20H,1-5,8,10-11,18H2. The summed E-state index contributed by atoms with van der Waals surface area (Å²) in [6.07, 6.45) is 7.37. The number of nitrogens with two attached hydrogens (primary N) is 1. The van der Waals surface area contributed by atoms with Gasteiger partial charge in [0.25, 0.3) is 0 Å². The fourth-order valence-corrected chi connectivity index (χ4v) is 3.94. The minimum absolute atomic E-state index is 0.351. The summed E-state index contributed by atoms with van der Waals surface area (Å²) in [5, 5.41) is 13.2. The number of nitrogens with one attached hydrogen (secondary N) is 1. The summed E-state index contributed by atoms with van der Waals surface area (Å²) in [6.45, 7) is 1.39. The maximum Gasteiger partial charge on any atom is 0.0462 e. The van der Waals surface area contributed by atoms with Gasteiger partial charge in [-0.05, 0) is 67.3 Å². The van der Waals surface area contributed by atoms with Crippen molar-refractivity contribution in [3.8, 4) is 0 Å². The first kappa shape index (κ1) is 13.9. The zero-order valence-corrected chi connectivity index (χ0v) is 12.1. The molecule has 0 aromatic heterocycles. The number of benzene rings is 1. The zero-order valence-electron chi connectivity index (χ0n) is 12.1. The van der Waals surface area contributed by atoms with Crippen LogP contribution in [0.4, 0.5) is 5.69 Å². The Bertz CT molecular complexity index is 460. The molecular weight excluding hydrogens is 248 g/mol. The van der Waals surface area contributed by atoms with Crippen LogP contribution in [0.3, 0.4) is 0 Å². The summed E-state index contributed by atoms with van der Waals surface area (Å²) in [6, 6.07) is 6.79. The van der Waals surface area contributed by atoms with Crippen molar-refractivity contribution in [2.24, 2.45) is 11.8 Å². The molecular formula is C17H26N2O.